The molecule has 0 aliphatic rings. The monoisotopic (exact) mass is 326 g/mol. The summed E-state index contributed by atoms with van der Waals surface area (Å²) in [7, 11) is 0. The molecule has 2 aromatic carbocycles. The zero-order chi connectivity index (χ0) is 16.4. The summed E-state index contributed by atoms with van der Waals surface area (Å²) in [6.45, 7) is 1.36. The second-order valence-corrected chi connectivity index (χ2v) is 6.06. The highest BCUT2D eigenvalue weighted by molar-refractivity contribution is 7.16. The zero-order valence-electron chi connectivity index (χ0n) is 12.4. The van der Waals surface area contributed by atoms with Gasteiger partial charge in [0.2, 0.25) is 5.91 Å². The third-order valence-electron chi connectivity index (χ3n) is 3.46. The molecule has 116 valence electrons. The molecule has 3 aromatic rings. The maximum Gasteiger partial charge on any atom is 0.308 e. The van der Waals surface area contributed by atoms with Crippen LogP contribution in [0.3, 0.4) is 0 Å². The molecule has 1 heterocycles. The second-order valence-electron chi connectivity index (χ2n) is 5.07. The van der Waals surface area contributed by atoms with Crippen LogP contribution in [-0.2, 0) is 11.3 Å². The Hall–Kier alpha value is -2.73. The number of para-hydroxylation sites is 2. The summed E-state index contributed by atoms with van der Waals surface area (Å²) in [6.07, 6.45) is 0. The summed E-state index contributed by atoms with van der Waals surface area (Å²) in [6, 6.07) is 14.1. The quantitative estimate of drug-likeness (QED) is 0.750. The Kier molecular flexibility index (Phi) is 4.08. The van der Waals surface area contributed by atoms with Gasteiger partial charge in [0.15, 0.2) is 5.78 Å². The molecule has 0 aliphatic heterocycles. The number of aromatic nitrogens is 1. The first kappa shape index (κ1) is 15.2. The van der Waals surface area contributed by atoms with Crippen LogP contribution in [-0.4, -0.2) is 16.3 Å². The van der Waals surface area contributed by atoms with Gasteiger partial charge in [0, 0.05) is 5.56 Å². The molecule has 3 rings (SSSR count). The average molecular weight is 326 g/mol. The number of rotatable bonds is 4. The smallest absolute Gasteiger partial charge is 0.308 e. The first-order chi connectivity index (χ1) is 11.1. The molecule has 5 nitrogen and oxygen atoms in total. The van der Waals surface area contributed by atoms with E-state index in [0.717, 1.165) is 21.6 Å². The number of carbonyl (C=O) groups is 2. The van der Waals surface area contributed by atoms with E-state index in [9.17, 15) is 14.4 Å². The molecule has 0 radical (unpaired) electrons. The van der Waals surface area contributed by atoms with Crippen molar-refractivity contribution < 1.29 is 9.59 Å². The highest BCUT2D eigenvalue weighted by Gasteiger charge is 2.13. The normalized spacial score (nSPS) is 10.7. The minimum atomic E-state index is -0.343. The highest BCUT2D eigenvalue weighted by Crippen LogP contribution is 2.18. The van der Waals surface area contributed by atoms with Crippen LogP contribution in [0, 0.1) is 0 Å². The number of ketones is 1. The standard InChI is InChI=1S/C17H14N2O3S/c1-11(20)12-6-2-3-7-13(12)18-16(21)10-19-14-8-4-5-9-15(14)23-17(19)22/h2-9H,10H2,1H3,(H,18,21). The first-order valence-corrected chi connectivity index (χ1v) is 7.86. The Morgan fingerprint density at radius 1 is 1.09 bits per heavy atom. The van der Waals surface area contributed by atoms with Gasteiger partial charge in [-0.25, -0.2) is 0 Å². The molecule has 0 aliphatic carbocycles. The van der Waals surface area contributed by atoms with Gasteiger partial charge in [0.1, 0.15) is 6.54 Å². The van der Waals surface area contributed by atoms with Crippen molar-refractivity contribution in [2.24, 2.45) is 0 Å². The molecule has 0 atom stereocenters. The molecule has 0 saturated heterocycles. The minimum absolute atomic E-state index is 0.0882. The largest absolute Gasteiger partial charge is 0.324 e. The van der Waals surface area contributed by atoms with Crippen LogP contribution >= 0.6 is 11.3 Å². The Morgan fingerprint density at radius 3 is 2.57 bits per heavy atom. The Bertz CT molecular complexity index is 956. The maximum absolute atomic E-state index is 12.3. The van der Waals surface area contributed by atoms with Crippen LogP contribution in [0.4, 0.5) is 5.69 Å². The van der Waals surface area contributed by atoms with E-state index in [1.165, 1.54) is 11.5 Å². The van der Waals surface area contributed by atoms with Gasteiger partial charge in [-0.15, -0.1) is 0 Å². The summed E-state index contributed by atoms with van der Waals surface area (Å²) in [5, 5.41) is 2.71. The van der Waals surface area contributed by atoms with Gasteiger partial charge in [-0.05, 0) is 31.2 Å². The maximum atomic E-state index is 12.3. The Morgan fingerprint density at radius 2 is 1.78 bits per heavy atom. The van der Waals surface area contributed by atoms with Gasteiger partial charge in [-0.2, -0.15) is 0 Å². The number of amides is 1. The number of fused-ring (bicyclic) bond motifs is 1. The summed E-state index contributed by atoms with van der Waals surface area (Å²) in [5.41, 5.74) is 1.64. The number of nitrogens with one attached hydrogen (secondary N) is 1. The van der Waals surface area contributed by atoms with Gasteiger partial charge in [0.05, 0.1) is 15.9 Å². The van der Waals surface area contributed by atoms with Gasteiger partial charge < -0.3 is 5.32 Å². The predicted molar refractivity (Wildman–Crippen MR) is 91.2 cm³/mol. The van der Waals surface area contributed by atoms with E-state index in [2.05, 4.69) is 5.32 Å². The Labute approximate surface area is 136 Å². The minimum Gasteiger partial charge on any atom is -0.324 e. The number of carbonyl (C=O) groups excluding carboxylic acids is 2. The van der Waals surface area contributed by atoms with Crippen molar-refractivity contribution in [3.8, 4) is 0 Å². The number of hydrogen-bond donors (Lipinski definition) is 1. The van der Waals surface area contributed by atoms with E-state index < -0.39 is 0 Å². The van der Waals surface area contributed by atoms with Crippen LogP contribution in [0.5, 0.6) is 0 Å². The number of anilines is 1. The highest BCUT2D eigenvalue weighted by atomic mass is 32.1. The van der Waals surface area contributed by atoms with Crippen LogP contribution in [0.25, 0.3) is 10.2 Å². The number of nitrogens with zero attached hydrogens (tertiary/aromatic N) is 1. The molecule has 0 bridgehead atoms. The fourth-order valence-corrected chi connectivity index (χ4v) is 3.29. The predicted octanol–water partition coefficient (Wildman–Crippen LogP) is 2.90. The molecule has 0 spiro atoms. The molecule has 0 unspecified atom stereocenters. The van der Waals surface area contributed by atoms with E-state index in [0.29, 0.717) is 11.3 Å². The topological polar surface area (TPSA) is 68.2 Å². The Balaban J connectivity index is 1.86. The third-order valence-corrected chi connectivity index (χ3v) is 4.42. The van der Waals surface area contributed by atoms with Crippen molar-refractivity contribution >= 4 is 38.9 Å². The third kappa shape index (κ3) is 3.07. The lowest BCUT2D eigenvalue weighted by molar-refractivity contribution is -0.116. The average Bonchev–Trinajstić information content (AvgIpc) is 2.83. The molecule has 0 fully saturated rings. The van der Waals surface area contributed by atoms with Gasteiger partial charge >= 0.3 is 4.87 Å². The van der Waals surface area contributed by atoms with Gasteiger partial charge in [-0.1, -0.05) is 35.6 Å². The van der Waals surface area contributed by atoms with Crippen LogP contribution in [0.2, 0.25) is 0 Å². The summed E-state index contributed by atoms with van der Waals surface area (Å²) < 4.78 is 2.28. The zero-order valence-corrected chi connectivity index (χ0v) is 13.2. The van der Waals surface area contributed by atoms with Crippen LogP contribution in [0.15, 0.2) is 53.3 Å². The lowest BCUT2D eigenvalue weighted by Gasteiger charge is -2.09. The SMILES string of the molecule is CC(=O)c1ccccc1NC(=O)Cn1c(=O)sc2ccccc21. The number of Topliss-reactive ketones (excluding diaryl/α,β-unsaturated/α-hetero) is 1. The summed E-state index contributed by atoms with van der Waals surface area (Å²) in [5.74, 6) is -0.469. The van der Waals surface area contributed by atoms with Crippen molar-refractivity contribution in [3.63, 3.8) is 0 Å². The lowest BCUT2D eigenvalue weighted by atomic mass is 10.1. The number of hydrogen-bond acceptors (Lipinski definition) is 4. The van der Waals surface area contributed by atoms with E-state index in [4.69, 9.17) is 0 Å². The number of thiazole rings is 1. The summed E-state index contributed by atoms with van der Waals surface area (Å²) in [4.78, 5) is 35.7. The van der Waals surface area contributed by atoms with Crippen LogP contribution < -0.4 is 10.2 Å². The van der Waals surface area contributed by atoms with Gasteiger partial charge in [0.25, 0.3) is 0 Å². The molecule has 23 heavy (non-hydrogen) atoms. The summed E-state index contributed by atoms with van der Waals surface area (Å²) >= 11 is 1.11. The fourth-order valence-electron chi connectivity index (χ4n) is 2.40. The second kappa shape index (κ2) is 6.18. The van der Waals surface area contributed by atoms with E-state index in [1.54, 1.807) is 24.3 Å². The van der Waals surface area contributed by atoms with Gasteiger partial charge in [-0.3, -0.25) is 19.0 Å². The molecular formula is C17H14N2O3S. The van der Waals surface area contributed by atoms with Crippen molar-refractivity contribution in [2.75, 3.05) is 5.32 Å². The molecule has 1 aromatic heterocycles. The van der Waals surface area contributed by atoms with E-state index >= 15 is 0 Å². The number of benzene rings is 2. The van der Waals surface area contributed by atoms with E-state index in [1.807, 2.05) is 24.3 Å². The fraction of sp³-hybridized carbons (Fsp3) is 0.118. The molecule has 1 amide bonds. The molecular weight excluding hydrogens is 312 g/mol. The van der Waals surface area contributed by atoms with Crippen LogP contribution in [0.1, 0.15) is 17.3 Å². The van der Waals surface area contributed by atoms with Crippen molar-refractivity contribution in [2.45, 2.75) is 13.5 Å². The molecule has 0 saturated carbocycles. The van der Waals surface area contributed by atoms with Crippen molar-refractivity contribution in [1.82, 2.24) is 4.57 Å². The molecule has 1 N–H and O–H groups in total. The van der Waals surface area contributed by atoms with E-state index in [-0.39, 0.29) is 23.1 Å². The molecule has 6 heteroatoms. The van der Waals surface area contributed by atoms with Crippen molar-refractivity contribution in [1.29, 1.82) is 0 Å². The lowest BCUT2D eigenvalue weighted by Crippen LogP contribution is -2.24. The van der Waals surface area contributed by atoms with Crippen molar-refractivity contribution in [3.05, 3.63) is 63.8 Å². The first-order valence-electron chi connectivity index (χ1n) is 7.04.